The first-order valence-electron chi connectivity index (χ1n) is 23.6. The highest BCUT2D eigenvalue weighted by atomic mass is 16.5. The number of fused-ring (bicyclic) bond motifs is 3. The normalized spacial score (nSPS) is 17.3. The van der Waals surface area contributed by atoms with E-state index < -0.39 is 29.7 Å². The maximum Gasteiger partial charge on any atom is 0.322 e. The van der Waals surface area contributed by atoms with Crippen molar-refractivity contribution in [1.82, 2.24) is 45.0 Å². The molecule has 0 aliphatic carbocycles. The summed E-state index contributed by atoms with van der Waals surface area (Å²) in [6.07, 6.45) is 5.42. The second-order valence-corrected chi connectivity index (χ2v) is 17.8. The Morgan fingerprint density at radius 1 is 0.914 bits per heavy atom. The predicted molar refractivity (Wildman–Crippen MR) is 260 cm³/mol. The standard InChI is InChI=1S/C50H56N12O8/c1-30(2)38-27-56-62-45(38)58-50(59-49(62)55-26-32-7-3-4-9-35(32)44-36-13-12-33(51)25-31(36)16-17-53-44)70-34-8-6-19-60(29-34)20-22-69-24-23-68-21-18-52-42(64)28-54-39-11-5-10-37-43(39)48(67)61(47(37)66)40-14-15-41(63)57-46(40)65/h3-5,7,9-13,16-17,25,27,30,34,40,54H,6,8,14-15,18-24,26,28-29,51H2,1-2H3,(H,52,64)(H,55,58,59)(H,57,63,65)/t34-,40?/m1/s1. The molecule has 6 heterocycles. The van der Waals surface area contributed by atoms with Crippen molar-refractivity contribution >= 4 is 63.3 Å². The Labute approximate surface area is 403 Å². The summed E-state index contributed by atoms with van der Waals surface area (Å²) in [5, 5.41) is 18.1. The van der Waals surface area contributed by atoms with E-state index in [0.29, 0.717) is 68.4 Å². The number of hydrogen-bond acceptors (Lipinski definition) is 16. The first kappa shape index (κ1) is 47.5. The molecule has 0 bridgehead atoms. The summed E-state index contributed by atoms with van der Waals surface area (Å²) >= 11 is 0. The first-order valence-corrected chi connectivity index (χ1v) is 23.6. The Morgan fingerprint density at radius 2 is 1.74 bits per heavy atom. The molecule has 6 aromatic rings. The molecule has 20 heteroatoms. The largest absolute Gasteiger partial charge is 0.459 e. The third-order valence-corrected chi connectivity index (χ3v) is 12.6. The van der Waals surface area contributed by atoms with Crippen molar-refractivity contribution in [1.29, 1.82) is 0 Å². The summed E-state index contributed by atoms with van der Waals surface area (Å²) in [6, 6.07) is 19.9. The number of anilines is 3. The monoisotopic (exact) mass is 952 g/mol. The summed E-state index contributed by atoms with van der Waals surface area (Å²) in [6.45, 7) is 8.61. The van der Waals surface area contributed by atoms with Gasteiger partial charge in [-0.05, 0) is 73.0 Å². The van der Waals surface area contributed by atoms with Crippen molar-refractivity contribution in [3.63, 3.8) is 0 Å². The lowest BCUT2D eigenvalue weighted by Crippen LogP contribution is -2.54. The summed E-state index contributed by atoms with van der Waals surface area (Å²) < 4.78 is 19.8. The quantitative estimate of drug-likeness (QED) is 0.0409. The molecule has 70 heavy (non-hydrogen) atoms. The van der Waals surface area contributed by atoms with Crippen LogP contribution in [0.4, 0.5) is 17.3 Å². The Bertz CT molecular complexity index is 2940. The number of pyridine rings is 1. The van der Waals surface area contributed by atoms with E-state index in [2.05, 4.69) is 57.2 Å². The van der Waals surface area contributed by atoms with Crippen molar-refractivity contribution in [2.45, 2.75) is 64.1 Å². The van der Waals surface area contributed by atoms with Crippen LogP contribution < -0.4 is 31.7 Å². The number of nitrogen functional groups attached to an aromatic ring is 1. The van der Waals surface area contributed by atoms with Gasteiger partial charge >= 0.3 is 6.01 Å². The number of hydrogen-bond donors (Lipinski definition) is 5. The lowest BCUT2D eigenvalue weighted by Gasteiger charge is -2.32. The number of imide groups is 2. The zero-order valence-corrected chi connectivity index (χ0v) is 39.1. The zero-order chi connectivity index (χ0) is 48.7. The molecular formula is C50H56N12O8. The maximum atomic E-state index is 13.3. The maximum absolute atomic E-state index is 13.3. The number of aromatic nitrogens is 5. The molecule has 0 radical (unpaired) electrons. The molecule has 3 aliphatic heterocycles. The van der Waals surface area contributed by atoms with E-state index in [0.717, 1.165) is 57.4 Å². The topological polar surface area (TPSA) is 250 Å². The lowest BCUT2D eigenvalue weighted by molar-refractivity contribution is -0.136. The van der Waals surface area contributed by atoms with E-state index >= 15 is 0 Å². The van der Waals surface area contributed by atoms with E-state index in [9.17, 15) is 24.0 Å². The molecule has 1 unspecified atom stereocenters. The van der Waals surface area contributed by atoms with Crippen molar-refractivity contribution in [2.24, 2.45) is 0 Å². The van der Waals surface area contributed by atoms with Crippen LogP contribution in [0.2, 0.25) is 0 Å². The van der Waals surface area contributed by atoms with Gasteiger partial charge < -0.3 is 35.9 Å². The number of amides is 5. The van der Waals surface area contributed by atoms with Gasteiger partial charge in [0.1, 0.15) is 12.1 Å². The lowest BCUT2D eigenvalue weighted by atomic mass is 9.99. The molecule has 364 valence electrons. The van der Waals surface area contributed by atoms with Crippen LogP contribution in [0.5, 0.6) is 6.01 Å². The summed E-state index contributed by atoms with van der Waals surface area (Å²) in [5.74, 6) is -2.05. The SMILES string of the molecule is CC(C)c1cnn2c(NCc3ccccc3-c3nccc4cc(N)ccc34)nc(O[C@@H]3CCCN(CCOCCOCCNC(=O)CNc4cccc5c4C(=O)N(C4CCC(=O)NC4=O)C5=O)C3)nc12. The molecule has 6 N–H and O–H groups in total. The minimum Gasteiger partial charge on any atom is -0.459 e. The fraction of sp³-hybridized carbons (Fsp3) is 0.380. The molecule has 3 aliphatic rings. The van der Waals surface area contributed by atoms with Gasteiger partial charge in [0.2, 0.25) is 23.7 Å². The van der Waals surface area contributed by atoms with Gasteiger partial charge in [0.25, 0.3) is 11.8 Å². The first-order chi connectivity index (χ1) is 34.0. The van der Waals surface area contributed by atoms with Crippen molar-refractivity contribution in [2.75, 3.05) is 75.5 Å². The average Bonchev–Trinajstić information content (AvgIpc) is 3.90. The average molecular weight is 953 g/mol. The minimum atomic E-state index is -1.08. The van der Waals surface area contributed by atoms with Gasteiger partial charge in [0.15, 0.2) is 5.65 Å². The van der Waals surface area contributed by atoms with E-state index in [-0.39, 0.29) is 61.6 Å². The van der Waals surface area contributed by atoms with Gasteiger partial charge in [-0.15, -0.1) is 0 Å². The fourth-order valence-corrected chi connectivity index (χ4v) is 9.08. The van der Waals surface area contributed by atoms with Crippen LogP contribution in [0.3, 0.4) is 0 Å². The molecule has 0 spiro atoms. The Kier molecular flexibility index (Phi) is 14.5. The highest BCUT2D eigenvalue weighted by Crippen LogP contribution is 2.34. The molecule has 2 fully saturated rings. The van der Waals surface area contributed by atoms with Gasteiger partial charge in [-0.3, -0.25) is 44.1 Å². The van der Waals surface area contributed by atoms with Crippen LogP contribution in [0.1, 0.15) is 77.3 Å². The van der Waals surface area contributed by atoms with E-state index in [1.165, 1.54) is 6.07 Å². The highest BCUT2D eigenvalue weighted by Gasteiger charge is 2.45. The number of rotatable bonds is 20. The zero-order valence-electron chi connectivity index (χ0n) is 39.1. The molecule has 3 aromatic carbocycles. The molecule has 5 amide bonds. The number of benzene rings is 3. The van der Waals surface area contributed by atoms with Crippen molar-refractivity contribution in [3.05, 3.63) is 101 Å². The molecule has 2 atom stereocenters. The van der Waals surface area contributed by atoms with Gasteiger partial charge in [-0.25, -0.2) is 0 Å². The second-order valence-electron chi connectivity index (χ2n) is 17.8. The third kappa shape index (κ3) is 10.5. The van der Waals surface area contributed by atoms with Gasteiger partial charge in [0.05, 0.1) is 56.0 Å². The molecule has 3 aromatic heterocycles. The number of nitrogens with two attached hydrogens (primary N) is 1. The highest BCUT2D eigenvalue weighted by molar-refractivity contribution is 6.25. The van der Waals surface area contributed by atoms with Gasteiger partial charge in [0, 0.05) is 66.7 Å². The predicted octanol–water partition coefficient (Wildman–Crippen LogP) is 4.16. The van der Waals surface area contributed by atoms with Crippen LogP contribution in [-0.2, 0) is 30.4 Å². The Hall–Kier alpha value is -7.55. The number of nitrogens with zero attached hydrogens (tertiary/aromatic N) is 7. The number of nitrogens with one attached hydrogen (secondary N) is 4. The number of likely N-dealkylation sites (tertiary alicyclic amines) is 1. The van der Waals surface area contributed by atoms with Crippen LogP contribution in [-0.4, -0.2) is 135 Å². The number of piperidine rings is 2. The minimum absolute atomic E-state index is 0.0227. The van der Waals surface area contributed by atoms with Crippen LogP contribution in [0, 0.1) is 0 Å². The molecule has 0 saturated carbocycles. The van der Waals surface area contributed by atoms with Crippen molar-refractivity contribution in [3.8, 4) is 17.3 Å². The van der Waals surface area contributed by atoms with E-state index in [4.69, 9.17) is 34.9 Å². The van der Waals surface area contributed by atoms with Crippen molar-refractivity contribution < 1.29 is 38.2 Å². The smallest absolute Gasteiger partial charge is 0.322 e. The van der Waals surface area contributed by atoms with Crippen LogP contribution in [0.25, 0.3) is 27.7 Å². The Morgan fingerprint density at radius 3 is 2.59 bits per heavy atom. The van der Waals surface area contributed by atoms with Crippen LogP contribution in [0.15, 0.2) is 79.1 Å². The third-order valence-electron chi connectivity index (χ3n) is 12.6. The summed E-state index contributed by atoms with van der Waals surface area (Å²) in [5.41, 5.74) is 11.9. The fourth-order valence-electron chi connectivity index (χ4n) is 9.08. The van der Waals surface area contributed by atoms with Gasteiger partial charge in [-0.1, -0.05) is 50.2 Å². The number of carbonyl (C=O) groups excluding carboxylic acids is 5. The van der Waals surface area contributed by atoms with Crippen LogP contribution >= 0.6 is 0 Å². The molecule has 2 saturated heterocycles. The number of ether oxygens (including phenoxy) is 3. The molecule has 9 rings (SSSR count). The Balaban J connectivity index is 0.707. The summed E-state index contributed by atoms with van der Waals surface area (Å²) in [7, 11) is 0. The van der Waals surface area contributed by atoms with E-state index in [1.54, 1.807) is 16.6 Å². The number of carbonyl (C=O) groups is 5. The van der Waals surface area contributed by atoms with E-state index in [1.807, 2.05) is 48.8 Å². The molecule has 20 nitrogen and oxygen atoms in total. The molecular weight excluding hydrogens is 897 g/mol. The van der Waals surface area contributed by atoms with Gasteiger partial charge in [-0.2, -0.15) is 19.6 Å². The second kappa shape index (κ2) is 21.4. The summed E-state index contributed by atoms with van der Waals surface area (Å²) in [4.78, 5) is 80.8.